The van der Waals surface area contributed by atoms with E-state index in [0.717, 1.165) is 10.3 Å². The number of thiophene rings is 1. The van der Waals surface area contributed by atoms with Crippen molar-refractivity contribution >= 4 is 50.6 Å². The van der Waals surface area contributed by atoms with E-state index in [-0.39, 0.29) is 30.4 Å². The summed E-state index contributed by atoms with van der Waals surface area (Å²) in [7, 11) is 1.32. The second-order valence-corrected chi connectivity index (χ2v) is 10.2. The molecule has 2 amide bonds. The third kappa shape index (κ3) is 4.95. The number of esters is 1. The molecular formula is C26H28N2O6S. The monoisotopic (exact) mass is 496 g/mol. The van der Waals surface area contributed by atoms with Gasteiger partial charge in [0.1, 0.15) is 12.3 Å². The van der Waals surface area contributed by atoms with Gasteiger partial charge in [0.2, 0.25) is 5.91 Å². The average Bonchev–Trinajstić information content (AvgIpc) is 3.17. The van der Waals surface area contributed by atoms with Crippen molar-refractivity contribution in [3.05, 3.63) is 46.8 Å². The molecule has 0 fully saturated rings. The zero-order chi connectivity index (χ0) is 25.3. The Morgan fingerprint density at radius 2 is 1.94 bits per heavy atom. The molecule has 0 saturated heterocycles. The van der Waals surface area contributed by atoms with Crippen LogP contribution in [-0.2, 0) is 19.7 Å². The number of benzene rings is 2. The molecule has 0 unspecified atom stereocenters. The number of carbonyl (C=O) groups excluding carboxylic acids is 3. The van der Waals surface area contributed by atoms with Crippen LogP contribution in [0.1, 0.15) is 42.9 Å². The van der Waals surface area contributed by atoms with Crippen molar-refractivity contribution in [3.8, 4) is 11.5 Å². The van der Waals surface area contributed by atoms with E-state index in [1.54, 1.807) is 12.1 Å². The first kappa shape index (κ1) is 24.5. The van der Waals surface area contributed by atoms with Gasteiger partial charge in [-0.05, 0) is 48.2 Å². The topological polar surface area (TPSA) is 94.2 Å². The number of carbonyl (C=O) groups is 3. The molecule has 4 rings (SSSR count). The summed E-state index contributed by atoms with van der Waals surface area (Å²) in [6.45, 7) is 8.18. The number of ether oxygens (including phenoxy) is 3. The number of hydrogen-bond donors (Lipinski definition) is 1. The summed E-state index contributed by atoms with van der Waals surface area (Å²) in [5, 5.41) is 3.56. The Morgan fingerprint density at radius 3 is 2.63 bits per heavy atom. The second kappa shape index (κ2) is 9.58. The van der Waals surface area contributed by atoms with Crippen LogP contribution >= 0.6 is 11.3 Å². The van der Waals surface area contributed by atoms with Crippen LogP contribution in [0.3, 0.4) is 0 Å². The molecule has 8 nitrogen and oxygen atoms in total. The Balaban J connectivity index is 1.59. The summed E-state index contributed by atoms with van der Waals surface area (Å²) >= 11 is 1.27. The third-order valence-electron chi connectivity index (χ3n) is 5.66. The van der Waals surface area contributed by atoms with Crippen molar-refractivity contribution in [2.45, 2.75) is 33.1 Å². The first-order valence-corrected chi connectivity index (χ1v) is 12.1. The first-order valence-electron chi connectivity index (χ1n) is 11.3. The van der Waals surface area contributed by atoms with Crippen molar-refractivity contribution < 1.29 is 28.6 Å². The highest BCUT2D eigenvalue weighted by atomic mass is 32.1. The summed E-state index contributed by atoms with van der Waals surface area (Å²) in [5.41, 5.74) is 2.02. The lowest BCUT2D eigenvalue weighted by Crippen LogP contribution is -2.43. The van der Waals surface area contributed by atoms with Crippen molar-refractivity contribution in [1.82, 2.24) is 0 Å². The fraction of sp³-hybridized carbons (Fsp3) is 0.346. The summed E-state index contributed by atoms with van der Waals surface area (Å²) in [6, 6.07) is 11.0. The molecule has 0 bridgehead atoms. The number of fused-ring (bicyclic) bond motifs is 2. The van der Waals surface area contributed by atoms with Gasteiger partial charge in [0.05, 0.1) is 19.4 Å². The van der Waals surface area contributed by atoms with Gasteiger partial charge in [0.25, 0.3) is 5.91 Å². The van der Waals surface area contributed by atoms with Gasteiger partial charge >= 0.3 is 5.97 Å². The maximum atomic E-state index is 13.0. The molecule has 0 radical (unpaired) electrons. The smallest absolute Gasteiger partial charge is 0.351 e. The third-order valence-corrected chi connectivity index (χ3v) is 6.79. The molecule has 35 heavy (non-hydrogen) atoms. The van der Waals surface area contributed by atoms with E-state index in [9.17, 15) is 14.4 Å². The minimum Gasteiger partial charge on any atom is -0.491 e. The minimum atomic E-state index is -0.473. The molecule has 0 spiro atoms. The quantitative estimate of drug-likeness (QED) is 0.495. The number of nitrogens with zero attached hydrogens (tertiary/aromatic N) is 1. The molecule has 184 valence electrons. The largest absolute Gasteiger partial charge is 0.491 e. The van der Waals surface area contributed by atoms with Gasteiger partial charge in [-0.3, -0.25) is 14.5 Å². The van der Waals surface area contributed by atoms with E-state index in [4.69, 9.17) is 14.2 Å². The number of nitrogens with one attached hydrogen (secondary N) is 1. The van der Waals surface area contributed by atoms with E-state index < -0.39 is 5.97 Å². The van der Waals surface area contributed by atoms with E-state index in [1.165, 1.54) is 23.3 Å². The number of hydrogen-bond acceptors (Lipinski definition) is 7. The molecule has 0 atom stereocenters. The van der Waals surface area contributed by atoms with Gasteiger partial charge in [-0.1, -0.05) is 26.8 Å². The summed E-state index contributed by atoms with van der Waals surface area (Å²) in [4.78, 5) is 39.6. The highest BCUT2D eigenvalue weighted by Gasteiger charge is 2.29. The van der Waals surface area contributed by atoms with E-state index >= 15 is 0 Å². The first-order chi connectivity index (χ1) is 16.6. The Hall–Kier alpha value is -3.59. The normalized spacial score (nSPS) is 13.3. The van der Waals surface area contributed by atoms with Crippen LogP contribution in [0, 0.1) is 0 Å². The molecular weight excluding hydrogens is 468 g/mol. The second-order valence-electron chi connectivity index (χ2n) is 9.15. The number of amides is 2. The summed E-state index contributed by atoms with van der Waals surface area (Å²) in [5.74, 6) is -0.106. The van der Waals surface area contributed by atoms with Crippen LogP contribution in [0.15, 0.2) is 36.4 Å². The number of rotatable bonds is 6. The van der Waals surface area contributed by atoms with Crippen LogP contribution in [0.4, 0.5) is 11.4 Å². The SMILES string of the molecule is CCOc1c(C(=O)OC)sc2ccc(NC(=O)CN3C(=O)COc4ccc(C(C)(C)C)cc43)cc12. The Kier molecular flexibility index (Phi) is 6.71. The van der Waals surface area contributed by atoms with E-state index in [2.05, 4.69) is 26.1 Å². The highest BCUT2D eigenvalue weighted by Crippen LogP contribution is 2.40. The Morgan fingerprint density at radius 1 is 1.17 bits per heavy atom. The molecule has 1 N–H and O–H groups in total. The molecule has 1 aliphatic heterocycles. The van der Waals surface area contributed by atoms with Gasteiger partial charge in [-0.25, -0.2) is 4.79 Å². The summed E-state index contributed by atoms with van der Waals surface area (Å²) in [6.07, 6.45) is 0. The van der Waals surface area contributed by atoms with Crippen molar-refractivity contribution in [2.75, 3.05) is 37.1 Å². The van der Waals surface area contributed by atoms with Gasteiger partial charge in [0.15, 0.2) is 17.2 Å². The standard InChI is InChI=1S/C26H28N2O6S/c1-6-33-23-17-12-16(8-10-20(17)35-24(23)25(31)32-5)27-21(29)13-28-18-11-15(26(2,3)4)7-9-19(18)34-14-22(28)30/h7-12H,6,13-14H2,1-5H3,(H,27,29). The van der Waals surface area contributed by atoms with Crippen LogP contribution in [-0.4, -0.2) is 44.7 Å². The average molecular weight is 497 g/mol. The molecule has 1 aromatic heterocycles. The zero-order valence-corrected chi connectivity index (χ0v) is 21.2. The van der Waals surface area contributed by atoms with Crippen molar-refractivity contribution in [3.63, 3.8) is 0 Å². The lowest BCUT2D eigenvalue weighted by Gasteiger charge is -2.31. The van der Waals surface area contributed by atoms with Crippen LogP contribution in [0.5, 0.6) is 11.5 Å². The maximum Gasteiger partial charge on any atom is 0.351 e. The fourth-order valence-corrected chi connectivity index (χ4v) is 4.90. The Bertz CT molecular complexity index is 1310. The highest BCUT2D eigenvalue weighted by molar-refractivity contribution is 7.21. The summed E-state index contributed by atoms with van der Waals surface area (Å²) < 4.78 is 17.0. The van der Waals surface area contributed by atoms with Crippen molar-refractivity contribution in [2.24, 2.45) is 0 Å². The number of methoxy groups -OCH3 is 1. The molecule has 2 heterocycles. The van der Waals surface area contributed by atoms with Gasteiger partial charge in [-0.2, -0.15) is 0 Å². The molecule has 3 aromatic rings. The van der Waals surface area contributed by atoms with Crippen molar-refractivity contribution in [1.29, 1.82) is 0 Å². The van der Waals surface area contributed by atoms with Gasteiger partial charge < -0.3 is 19.5 Å². The van der Waals surface area contributed by atoms with Crippen LogP contribution in [0.2, 0.25) is 0 Å². The minimum absolute atomic E-state index is 0.121. The maximum absolute atomic E-state index is 13.0. The Labute approximate surface area is 207 Å². The predicted octanol–water partition coefficient (Wildman–Crippen LogP) is 4.75. The molecule has 0 aliphatic carbocycles. The molecule has 9 heteroatoms. The lowest BCUT2D eigenvalue weighted by molar-refractivity contribution is -0.123. The van der Waals surface area contributed by atoms with Gasteiger partial charge in [-0.15, -0.1) is 11.3 Å². The van der Waals surface area contributed by atoms with E-state index in [1.807, 2.05) is 31.2 Å². The van der Waals surface area contributed by atoms with Gasteiger partial charge in [0, 0.05) is 15.8 Å². The lowest BCUT2D eigenvalue weighted by atomic mass is 9.86. The molecule has 0 saturated carbocycles. The fourth-order valence-electron chi connectivity index (χ4n) is 3.85. The van der Waals surface area contributed by atoms with E-state index in [0.29, 0.717) is 39.7 Å². The van der Waals surface area contributed by atoms with Crippen LogP contribution in [0.25, 0.3) is 10.1 Å². The predicted molar refractivity (Wildman–Crippen MR) is 136 cm³/mol. The molecule has 1 aliphatic rings. The number of anilines is 2. The molecule has 2 aromatic carbocycles. The van der Waals surface area contributed by atoms with Crippen LogP contribution < -0.4 is 19.7 Å². The zero-order valence-electron chi connectivity index (χ0n) is 20.4.